The zero-order valence-corrected chi connectivity index (χ0v) is 15.3. The molecule has 1 aliphatic heterocycles. The fraction of sp³-hybridized carbons (Fsp3) is 0.286. The molecule has 0 saturated heterocycles. The van der Waals surface area contributed by atoms with E-state index in [1.807, 2.05) is 48.5 Å². The van der Waals surface area contributed by atoms with Gasteiger partial charge in [0.15, 0.2) is 0 Å². The van der Waals surface area contributed by atoms with Crippen molar-refractivity contribution in [2.75, 3.05) is 19.6 Å². The van der Waals surface area contributed by atoms with Crippen LogP contribution in [-0.4, -0.2) is 30.5 Å². The molecule has 0 fully saturated rings. The van der Waals surface area contributed by atoms with Crippen molar-refractivity contribution in [3.8, 4) is 0 Å². The van der Waals surface area contributed by atoms with Gasteiger partial charge in [0.05, 0.1) is 5.57 Å². The molecule has 1 aliphatic rings. The fourth-order valence-corrected chi connectivity index (χ4v) is 3.04. The van der Waals surface area contributed by atoms with Crippen LogP contribution in [0.3, 0.4) is 0 Å². The first-order valence-electron chi connectivity index (χ1n) is 8.48. The van der Waals surface area contributed by atoms with E-state index in [4.69, 9.17) is 4.74 Å². The Morgan fingerprint density at radius 2 is 1.68 bits per heavy atom. The first kappa shape index (κ1) is 19.2. The summed E-state index contributed by atoms with van der Waals surface area (Å²) in [4.78, 5) is 15.0. The first-order chi connectivity index (χ1) is 11.8. The summed E-state index contributed by atoms with van der Waals surface area (Å²) in [5.74, 6) is -0.198. The number of likely N-dealkylation sites (N-methyl/N-ethyl adjacent to an activating group) is 1. The Balaban J connectivity index is 0.00000225. The molecule has 2 aromatic rings. The number of rotatable bonds is 5. The Morgan fingerprint density at radius 3 is 2.32 bits per heavy atom. The van der Waals surface area contributed by atoms with Crippen molar-refractivity contribution < 1.29 is 9.53 Å². The summed E-state index contributed by atoms with van der Waals surface area (Å²) in [6, 6.07) is 20.0. The van der Waals surface area contributed by atoms with Gasteiger partial charge in [-0.1, -0.05) is 67.6 Å². The smallest absolute Gasteiger partial charge is 0.335 e. The quantitative estimate of drug-likeness (QED) is 0.746. The van der Waals surface area contributed by atoms with Crippen LogP contribution in [0.4, 0.5) is 0 Å². The number of hydrogen-bond donors (Lipinski definition) is 0. The molecule has 0 bridgehead atoms. The lowest BCUT2D eigenvalue weighted by Gasteiger charge is -2.29. The molecule has 3 nitrogen and oxygen atoms in total. The standard InChI is InChI=1S/C21H23NO2.ClH/c1-2-22-14-13-19(18-11-7-4-8-12-18)20(15-22)21(23)24-16-17-9-5-3-6-10-17;/h3-12H,2,13-16H2,1H3;1H. The second-order valence-corrected chi connectivity index (χ2v) is 6.00. The molecule has 0 N–H and O–H groups in total. The zero-order chi connectivity index (χ0) is 16.8. The normalized spacial score (nSPS) is 14.8. The maximum atomic E-state index is 12.7. The molecule has 0 aliphatic carbocycles. The number of carbonyl (C=O) groups is 1. The van der Waals surface area contributed by atoms with E-state index in [1.165, 1.54) is 0 Å². The van der Waals surface area contributed by atoms with E-state index in [2.05, 4.69) is 24.0 Å². The molecular weight excluding hydrogens is 334 g/mol. The second kappa shape index (κ2) is 9.40. The SMILES string of the molecule is CCN1CCC(c2ccccc2)=C(C(=O)OCc2ccccc2)C1.Cl. The van der Waals surface area contributed by atoms with Crippen molar-refractivity contribution in [2.24, 2.45) is 0 Å². The molecule has 4 heteroatoms. The van der Waals surface area contributed by atoms with Gasteiger partial charge in [0.2, 0.25) is 0 Å². The van der Waals surface area contributed by atoms with Gasteiger partial charge in [-0.25, -0.2) is 4.79 Å². The van der Waals surface area contributed by atoms with E-state index >= 15 is 0 Å². The van der Waals surface area contributed by atoms with Crippen molar-refractivity contribution in [2.45, 2.75) is 20.0 Å². The lowest BCUT2D eigenvalue weighted by molar-refractivity contribution is -0.140. The molecule has 0 aromatic heterocycles. The Bertz CT molecular complexity index is 713. The number of halogens is 1. The van der Waals surface area contributed by atoms with Gasteiger partial charge in [-0.15, -0.1) is 12.4 Å². The maximum absolute atomic E-state index is 12.7. The van der Waals surface area contributed by atoms with E-state index in [0.717, 1.165) is 41.8 Å². The van der Waals surface area contributed by atoms with Crippen molar-refractivity contribution in [3.63, 3.8) is 0 Å². The Kier molecular flexibility index (Phi) is 7.23. The van der Waals surface area contributed by atoms with Gasteiger partial charge in [-0.2, -0.15) is 0 Å². The molecular formula is C21H24ClNO2. The molecule has 0 atom stereocenters. The van der Waals surface area contributed by atoms with E-state index in [0.29, 0.717) is 13.2 Å². The van der Waals surface area contributed by atoms with Gasteiger partial charge < -0.3 is 4.74 Å². The van der Waals surface area contributed by atoms with Crippen LogP contribution in [0.2, 0.25) is 0 Å². The Morgan fingerprint density at radius 1 is 1.04 bits per heavy atom. The summed E-state index contributed by atoms with van der Waals surface area (Å²) in [7, 11) is 0. The summed E-state index contributed by atoms with van der Waals surface area (Å²) in [6.07, 6.45) is 0.883. The average molecular weight is 358 g/mol. The minimum atomic E-state index is -0.198. The minimum Gasteiger partial charge on any atom is -0.457 e. The lowest BCUT2D eigenvalue weighted by Crippen LogP contribution is -2.34. The van der Waals surface area contributed by atoms with Gasteiger partial charge in [0, 0.05) is 13.1 Å². The number of benzene rings is 2. The van der Waals surface area contributed by atoms with Crippen molar-refractivity contribution in [1.82, 2.24) is 4.90 Å². The number of carbonyl (C=O) groups excluding carboxylic acids is 1. The number of esters is 1. The number of ether oxygens (including phenoxy) is 1. The summed E-state index contributed by atoms with van der Waals surface area (Å²) in [6.45, 7) is 5.03. The maximum Gasteiger partial charge on any atom is 0.335 e. The van der Waals surface area contributed by atoms with Gasteiger partial charge >= 0.3 is 5.97 Å². The number of nitrogens with zero attached hydrogens (tertiary/aromatic N) is 1. The van der Waals surface area contributed by atoms with Crippen LogP contribution in [0.1, 0.15) is 24.5 Å². The van der Waals surface area contributed by atoms with E-state index in [-0.39, 0.29) is 18.4 Å². The molecule has 0 saturated carbocycles. The van der Waals surface area contributed by atoms with Crippen LogP contribution in [0.15, 0.2) is 66.2 Å². The van der Waals surface area contributed by atoms with Crippen LogP contribution in [0.5, 0.6) is 0 Å². The third-order valence-electron chi connectivity index (χ3n) is 4.45. The van der Waals surface area contributed by atoms with Gasteiger partial charge in [0.25, 0.3) is 0 Å². The van der Waals surface area contributed by atoms with E-state index in [9.17, 15) is 4.79 Å². The highest BCUT2D eigenvalue weighted by atomic mass is 35.5. The summed E-state index contributed by atoms with van der Waals surface area (Å²) in [5, 5.41) is 0. The van der Waals surface area contributed by atoms with E-state index in [1.54, 1.807) is 0 Å². The third-order valence-corrected chi connectivity index (χ3v) is 4.45. The summed E-state index contributed by atoms with van der Waals surface area (Å²) in [5.41, 5.74) is 4.05. The highest BCUT2D eigenvalue weighted by Gasteiger charge is 2.25. The lowest BCUT2D eigenvalue weighted by atomic mass is 9.93. The molecule has 2 aromatic carbocycles. The van der Waals surface area contributed by atoms with Crippen molar-refractivity contribution in [1.29, 1.82) is 0 Å². The molecule has 0 unspecified atom stereocenters. The largest absolute Gasteiger partial charge is 0.457 e. The van der Waals surface area contributed by atoms with Crippen LogP contribution >= 0.6 is 12.4 Å². The van der Waals surface area contributed by atoms with Gasteiger partial charge in [0.1, 0.15) is 6.61 Å². The topological polar surface area (TPSA) is 29.5 Å². The average Bonchev–Trinajstić information content (AvgIpc) is 2.67. The second-order valence-electron chi connectivity index (χ2n) is 6.00. The molecule has 0 spiro atoms. The summed E-state index contributed by atoms with van der Waals surface area (Å²) >= 11 is 0. The summed E-state index contributed by atoms with van der Waals surface area (Å²) < 4.78 is 5.59. The fourth-order valence-electron chi connectivity index (χ4n) is 3.04. The molecule has 0 radical (unpaired) electrons. The molecule has 25 heavy (non-hydrogen) atoms. The monoisotopic (exact) mass is 357 g/mol. The highest BCUT2D eigenvalue weighted by Crippen LogP contribution is 2.28. The Hall–Kier alpha value is -2.10. The van der Waals surface area contributed by atoms with Crippen LogP contribution in [0.25, 0.3) is 5.57 Å². The van der Waals surface area contributed by atoms with Gasteiger partial charge in [-0.3, -0.25) is 4.90 Å². The predicted molar refractivity (Wildman–Crippen MR) is 104 cm³/mol. The third kappa shape index (κ3) is 4.94. The minimum absolute atomic E-state index is 0. The number of hydrogen-bond acceptors (Lipinski definition) is 3. The molecule has 0 amide bonds. The van der Waals surface area contributed by atoms with Crippen molar-refractivity contribution in [3.05, 3.63) is 77.4 Å². The molecule has 3 rings (SSSR count). The van der Waals surface area contributed by atoms with Crippen LogP contribution in [0, 0.1) is 0 Å². The van der Waals surface area contributed by atoms with E-state index < -0.39 is 0 Å². The zero-order valence-electron chi connectivity index (χ0n) is 14.5. The first-order valence-corrected chi connectivity index (χ1v) is 8.48. The Labute approximate surface area is 155 Å². The van der Waals surface area contributed by atoms with Gasteiger partial charge in [-0.05, 0) is 29.7 Å². The molecule has 132 valence electrons. The van der Waals surface area contributed by atoms with Crippen LogP contribution < -0.4 is 0 Å². The predicted octanol–water partition coefficient (Wildman–Crippen LogP) is 4.33. The highest BCUT2D eigenvalue weighted by molar-refractivity contribution is 5.98. The van der Waals surface area contributed by atoms with Crippen molar-refractivity contribution >= 4 is 23.9 Å². The van der Waals surface area contributed by atoms with Crippen LogP contribution in [-0.2, 0) is 16.1 Å². The molecule has 1 heterocycles.